The first-order valence-electron chi connectivity index (χ1n) is 11.5. The highest BCUT2D eigenvalue weighted by Crippen LogP contribution is 2.29. The van der Waals surface area contributed by atoms with Crippen molar-refractivity contribution in [1.82, 2.24) is 19.7 Å². The molecule has 0 saturated heterocycles. The van der Waals surface area contributed by atoms with Crippen LogP contribution in [0.4, 0.5) is 10.5 Å². The van der Waals surface area contributed by atoms with E-state index in [1.807, 2.05) is 38.5 Å². The number of carbonyl (C=O) groups is 1. The van der Waals surface area contributed by atoms with Crippen LogP contribution in [0.5, 0.6) is 0 Å². The third-order valence-electron chi connectivity index (χ3n) is 5.41. The van der Waals surface area contributed by atoms with Crippen molar-refractivity contribution in [2.75, 3.05) is 25.6 Å². The number of aryl methyl sites for hydroxylation is 1. The fraction of sp³-hybridized carbons (Fsp3) is 0.333. The summed E-state index contributed by atoms with van der Waals surface area (Å²) < 4.78 is 12.1. The van der Waals surface area contributed by atoms with Gasteiger partial charge in [0.05, 0.1) is 24.0 Å². The maximum atomic E-state index is 11.8. The molecule has 35 heavy (non-hydrogen) atoms. The Morgan fingerprint density at radius 3 is 2.66 bits per heavy atom. The lowest BCUT2D eigenvalue weighted by atomic mass is 10.0. The van der Waals surface area contributed by atoms with E-state index in [4.69, 9.17) is 14.5 Å². The minimum atomic E-state index is -0.674. The average Bonchev–Trinajstić information content (AvgIpc) is 3.25. The zero-order valence-electron chi connectivity index (χ0n) is 21.1. The van der Waals surface area contributed by atoms with Crippen LogP contribution < -0.4 is 4.90 Å². The molecule has 8 heteroatoms. The van der Waals surface area contributed by atoms with Crippen molar-refractivity contribution in [2.24, 2.45) is 0 Å². The van der Waals surface area contributed by atoms with Crippen molar-refractivity contribution < 1.29 is 14.3 Å². The van der Waals surface area contributed by atoms with Crippen molar-refractivity contribution in [3.63, 3.8) is 0 Å². The minimum Gasteiger partial charge on any atom is -0.434 e. The molecule has 0 amide bonds. The fourth-order valence-electron chi connectivity index (χ4n) is 3.83. The molecule has 3 heterocycles. The second-order valence-corrected chi connectivity index (χ2v) is 9.65. The highest BCUT2D eigenvalue weighted by molar-refractivity contribution is 5.88. The molecule has 8 nitrogen and oxygen atoms in total. The van der Waals surface area contributed by atoms with E-state index >= 15 is 0 Å². The second-order valence-electron chi connectivity index (χ2n) is 9.65. The van der Waals surface area contributed by atoms with Crippen LogP contribution in [0.15, 0.2) is 55.0 Å². The van der Waals surface area contributed by atoms with Crippen molar-refractivity contribution in [1.29, 1.82) is 0 Å². The van der Waals surface area contributed by atoms with Gasteiger partial charge in [-0.15, -0.1) is 0 Å². The molecule has 0 aliphatic rings. The maximum Gasteiger partial charge on any atom is 0.508 e. The molecule has 0 saturated carbocycles. The van der Waals surface area contributed by atoms with Gasteiger partial charge in [0.25, 0.3) is 0 Å². The Hall–Kier alpha value is -3.94. The zero-order valence-corrected chi connectivity index (χ0v) is 21.1. The lowest BCUT2D eigenvalue weighted by molar-refractivity contribution is -0.00662. The smallest absolute Gasteiger partial charge is 0.434 e. The molecule has 0 aliphatic heterocycles. The number of ether oxygens (including phenoxy) is 2. The van der Waals surface area contributed by atoms with Gasteiger partial charge in [0.1, 0.15) is 5.60 Å². The van der Waals surface area contributed by atoms with Gasteiger partial charge in [-0.1, -0.05) is 6.07 Å². The summed E-state index contributed by atoms with van der Waals surface area (Å²) in [5.41, 5.74) is 5.35. The predicted molar refractivity (Wildman–Crippen MR) is 137 cm³/mol. The number of rotatable bonds is 6. The van der Waals surface area contributed by atoms with E-state index < -0.39 is 11.8 Å². The van der Waals surface area contributed by atoms with Crippen LogP contribution in [0.25, 0.3) is 28.0 Å². The van der Waals surface area contributed by atoms with Crippen LogP contribution in [0.3, 0.4) is 0 Å². The van der Waals surface area contributed by atoms with Crippen LogP contribution in [-0.2, 0) is 15.9 Å². The lowest BCUT2D eigenvalue weighted by Gasteiger charge is -2.18. The molecule has 1 aromatic carbocycles. The van der Waals surface area contributed by atoms with Gasteiger partial charge in [-0.25, -0.2) is 14.5 Å². The number of fused-ring (bicyclic) bond motifs is 1. The van der Waals surface area contributed by atoms with E-state index in [-0.39, 0.29) is 6.61 Å². The monoisotopic (exact) mass is 473 g/mol. The largest absolute Gasteiger partial charge is 0.508 e. The Labute approximate surface area is 205 Å². The van der Waals surface area contributed by atoms with E-state index in [1.165, 1.54) is 11.3 Å². The van der Waals surface area contributed by atoms with Gasteiger partial charge < -0.3 is 14.4 Å². The molecule has 0 radical (unpaired) electrons. The summed E-state index contributed by atoms with van der Waals surface area (Å²) in [6.07, 6.45) is 5.27. The number of carbonyl (C=O) groups excluding carboxylic acids is 1. The number of pyridine rings is 2. The molecule has 182 valence electrons. The van der Waals surface area contributed by atoms with Crippen molar-refractivity contribution in [2.45, 2.75) is 39.7 Å². The zero-order chi connectivity index (χ0) is 25.2. The Kier molecular flexibility index (Phi) is 6.73. The summed E-state index contributed by atoms with van der Waals surface area (Å²) >= 11 is 0. The minimum absolute atomic E-state index is 0.202. The SMILES string of the molecule is Cc1cc(-c2cc3ncccc3c(-n3cc(CCOC(=O)OC(C)(C)C)cn3)n2)ccc1N(C)C. The van der Waals surface area contributed by atoms with E-state index in [0.29, 0.717) is 12.2 Å². The van der Waals surface area contributed by atoms with Crippen LogP contribution in [0.2, 0.25) is 0 Å². The van der Waals surface area contributed by atoms with E-state index in [2.05, 4.69) is 40.1 Å². The number of hydrogen-bond donors (Lipinski definition) is 0. The van der Waals surface area contributed by atoms with Crippen molar-refractivity contribution >= 4 is 22.7 Å². The highest BCUT2D eigenvalue weighted by Gasteiger charge is 2.17. The fourth-order valence-corrected chi connectivity index (χ4v) is 3.83. The van der Waals surface area contributed by atoms with Crippen LogP contribution in [0.1, 0.15) is 31.9 Å². The van der Waals surface area contributed by atoms with E-state index in [9.17, 15) is 4.79 Å². The van der Waals surface area contributed by atoms with Gasteiger partial charge >= 0.3 is 6.16 Å². The summed E-state index contributed by atoms with van der Waals surface area (Å²) in [6.45, 7) is 7.70. The van der Waals surface area contributed by atoms with E-state index in [1.54, 1.807) is 37.8 Å². The van der Waals surface area contributed by atoms with Crippen LogP contribution >= 0.6 is 0 Å². The number of nitrogens with zero attached hydrogens (tertiary/aromatic N) is 5. The number of hydrogen-bond acceptors (Lipinski definition) is 7. The molecular weight excluding hydrogens is 442 g/mol. The molecule has 0 aliphatic carbocycles. The molecule has 0 N–H and O–H groups in total. The van der Waals surface area contributed by atoms with Crippen molar-refractivity contribution in [3.8, 4) is 17.1 Å². The maximum absolute atomic E-state index is 11.8. The van der Waals surface area contributed by atoms with Gasteiger partial charge in [-0.3, -0.25) is 4.98 Å². The van der Waals surface area contributed by atoms with Gasteiger partial charge in [-0.2, -0.15) is 5.10 Å². The number of benzene rings is 1. The number of aromatic nitrogens is 4. The summed E-state index contributed by atoms with van der Waals surface area (Å²) in [6, 6.07) is 12.2. The van der Waals surface area contributed by atoms with Gasteiger partial charge in [0.15, 0.2) is 5.82 Å². The quantitative estimate of drug-likeness (QED) is 0.349. The van der Waals surface area contributed by atoms with Gasteiger partial charge in [-0.05, 0) is 69.2 Å². The predicted octanol–water partition coefficient (Wildman–Crippen LogP) is 5.35. The average molecular weight is 474 g/mol. The molecule has 4 rings (SSSR count). The third-order valence-corrected chi connectivity index (χ3v) is 5.41. The molecule has 4 aromatic rings. The Morgan fingerprint density at radius 2 is 1.94 bits per heavy atom. The van der Waals surface area contributed by atoms with E-state index in [0.717, 1.165) is 27.7 Å². The summed E-state index contributed by atoms with van der Waals surface area (Å²) in [4.78, 5) is 23.4. The molecule has 0 spiro atoms. The van der Waals surface area contributed by atoms with Crippen LogP contribution in [0, 0.1) is 6.92 Å². The molecule has 0 bridgehead atoms. The molecular formula is C27H31N5O3. The van der Waals surface area contributed by atoms with Gasteiger partial charge in [0, 0.05) is 49.5 Å². The highest BCUT2D eigenvalue weighted by atomic mass is 16.7. The first-order valence-corrected chi connectivity index (χ1v) is 11.5. The second kappa shape index (κ2) is 9.74. The molecule has 3 aromatic heterocycles. The first kappa shape index (κ1) is 24.2. The summed E-state index contributed by atoms with van der Waals surface area (Å²) in [5, 5.41) is 5.43. The molecule has 0 unspecified atom stereocenters. The summed E-state index contributed by atoms with van der Waals surface area (Å²) in [5.74, 6) is 0.694. The Balaban J connectivity index is 1.61. The Morgan fingerprint density at radius 1 is 1.14 bits per heavy atom. The van der Waals surface area contributed by atoms with Crippen LogP contribution in [-0.4, -0.2) is 52.2 Å². The molecule has 0 fully saturated rings. The normalized spacial score (nSPS) is 11.5. The third kappa shape index (κ3) is 5.77. The molecule has 0 atom stereocenters. The summed E-state index contributed by atoms with van der Waals surface area (Å²) in [7, 11) is 4.07. The topological polar surface area (TPSA) is 82.4 Å². The lowest BCUT2D eigenvalue weighted by Crippen LogP contribution is -2.24. The first-order chi connectivity index (χ1) is 16.6. The Bertz CT molecular complexity index is 1350. The van der Waals surface area contributed by atoms with Crippen molar-refractivity contribution in [3.05, 3.63) is 66.1 Å². The van der Waals surface area contributed by atoms with Gasteiger partial charge in [0.2, 0.25) is 0 Å². The standard InChI is InChI=1S/C27H31N5O3/c1-18-14-20(9-10-24(18)31(5)6)22-15-23-21(8-7-12-28-23)25(30-22)32-17-19(16-29-32)11-13-34-26(33)35-27(2,3)4/h7-10,12,14-17H,11,13H2,1-6H3. The number of anilines is 1.